The molecule has 3 heteroatoms. The van der Waals surface area contributed by atoms with E-state index >= 15 is 0 Å². The van der Waals surface area contributed by atoms with Gasteiger partial charge in [0, 0.05) is 17.8 Å². The average molecular weight is 162 g/mol. The van der Waals surface area contributed by atoms with Gasteiger partial charge in [-0.25, -0.2) is 4.98 Å². The van der Waals surface area contributed by atoms with Crippen molar-refractivity contribution in [3.8, 4) is 6.07 Å². The molecule has 0 bridgehead atoms. The summed E-state index contributed by atoms with van der Waals surface area (Å²) in [6.07, 6.45) is 4.24. The first-order chi connectivity index (χ1) is 5.75. The molecule has 0 aliphatic carbocycles. The molecule has 60 valence electrons. The highest BCUT2D eigenvalue weighted by Crippen LogP contribution is 2.10. The summed E-state index contributed by atoms with van der Waals surface area (Å²) < 4.78 is 12.8. The van der Waals surface area contributed by atoms with Crippen LogP contribution < -0.4 is 0 Å². The molecule has 2 nitrogen and oxygen atoms in total. The number of nitriles is 1. The van der Waals surface area contributed by atoms with Crippen molar-refractivity contribution in [2.24, 2.45) is 0 Å². The fraction of sp³-hybridized carbons (Fsp3) is 0.111. The maximum Gasteiger partial charge on any atom is 0.216 e. The summed E-state index contributed by atoms with van der Waals surface area (Å²) >= 11 is 0. The lowest BCUT2D eigenvalue weighted by Gasteiger charge is -1.98. The van der Waals surface area contributed by atoms with E-state index in [2.05, 4.69) is 4.98 Å². The summed E-state index contributed by atoms with van der Waals surface area (Å²) in [7, 11) is 0. The monoisotopic (exact) mass is 162 g/mol. The third-order valence-electron chi connectivity index (χ3n) is 1.52. The van der Waals surface area contributed by atoms with Crippen molar-refractivity contribution in [1.82, 2.24) is 4.98 Å². The molecule has 1 heterocycles. The lowest BCUT2D eigenvalue weighted by molar-refractivity contribution is 0.574. The Morgan fingerprint density at radius 1 is 1.67 bits per heavy atom. The highest BCUT2D eigenvalue weighted by Gasteiger charge is 2.00. The van der Waals surface area contributed by atoms with Crippen LogP contribution in [-0.4, -0.2) is 4.98 Å². The van der Waals surface area contributed by atoms with E-state index in [9.17, 15) is 4.39 Å². The number of aromatic nitrogens is 1. The molecule has 1 aromatic rings. The number of hydrogen-bond donors (Lipinski definition) is 0. The lowest BCUT2D eigenvalue weighted by Crippen LogP contribution is -1.89. The summed E-state index contributed by atoms with van der Waals surface area (Å²) in [4.78, 5) is 3.46. The highest BCUT2D eigenvalue weighted by molar-refractivity contribution is 5.54. The van der Waals surface area contributed by atoms with Crippen molar-refractivity contribution in [3.05, 3.63) is 35.4 Å². The minimum Gasteiger partial charge on any atom is -0.228 e. The third-order valence-corrected chi connectivity index (χ3v) is 1.52. The molecule has 1 rings (SSSR count). The van der Waals surface area contributed by atoms with Crippen LogP contribution in [0.15, 0.2) is 18.3 Å². The molecule has 0 spiro atoms. The van der Waals surface area contributed by atoms with Crippen molar-refractivity contribution in [3.63, 3.8) is 0 Å². The van der Waals surface area contributed by atoms with Crippen molar-refractivity contribution < 1.29 is 4.39 Å². The summed E-state index contributed by atoms with van der Waals surface area (Å²) in [6, 6.07) is 3.50. The van der Waals surface area contributed by atoms with Crippen molar-refractivity contribution in [1.29, 1.82) is 5.26 Å². The van der Waals surface area contributed by atoms with Crippen LogP contribution in [-0.2, 0) is 0 Å². The van der Waals surface area contributed by atoms with Gasteiger partial charge in [0.05, 0.1) is 6.07 Å². The zero-order valence-electron chi connectivity index (χ0n) is 6.58. The van der Waals surface area contributed by atoms with E-state index in [4.69, 9.17) is 5.26 Å². The number of halogens is 1. The van der Waals surface area contributed by atoms with Gasteiger partial charge in [-0.3, -0.25) is 0 Å². The van der Waals surface area contributed by atoms with Crippen molar-refractivity contribution in [2.75, 3.05) is 0 Å². The first-order valence-electron chi connectivity index (χ1n) is 3.43. The van der Waals surface area contributed by atoms with Gasteiger partial charge in [0.2, 0.25) is 5.95 Å². The largest absolute Gasteiger partial charge is 0.228 e. The molecule has 0 fully saturated rings. The molecular formula is C9H7FN2. The normalized spacial score (nSPS) is 10.1. The molecule has 0 aliphatic rings. The van der Waals surface area contributed by atoms with E-state index in [0.717, 1.165) is 0 Å². The Morgan fingerprint density at radius 2 is 2.42 bits per heavy atom. The molecule has 0 atom stereocenters. The van der Waals surface area contributed by atoms with Gasteiger partial charge in [-0.2, -0.15) is 9.65 Å². The molecule has 0 N–H and O–H groups in total. The van der Waals surface area contributed by atoms with Crippen LogP contribution >= 0.6 is 0 Å². The minimum absolute atomic E-state index is 0.462. The summed E-state index contributed by atoms with van der Waals surface area (Å²) in [5, 5.41) is 8.24. The molecule has 0 radical (unpaired) electrons. The molecule has 0 saturated heterocycles. The van der Waals surface area contributed by atoms with Crippen LogP contribution in [0.3, 0.4) is 0 Å². The molecule has 0 unspecified atom stereocenters. The molecule has 0 saturated carbocycles. The SMILES string of the molecule is Cc1c(C=CC#N)ccnc1F. The summed E-state index contributed by atoms with van der Waals surface area (Å²) in [6.45, 7) is 1.62. The standard InChI is InChI=1S/C9H7FN2/c1-7-8(3-2-5-11)4-6-12-9(7)10/h2-4,6H,1H3. The van der Waals surface area contributed by atoms with Gasteiger partial charge >= 0.3 is 0 Å². The first kappa shape index (κ1) is 8.41. The number of hydrogen-bond acceptors (Lipinski definition) is 2. The van der Waals surface area contributed by atoms with E-state index in [1.807, 2.05) is 6.07 Å². The van der Waals surface area contributed by atoms with E-state index in [-0.39, 0.29) is 0 Å². The Kier molecular flexibility index (Phi) is 2.54. The van der Waals surface area contributed by atoms with Crippen LogP contribution in [0.25, 0.3) is 6.08 Å². The second kappa shape index (κ2) is 3.63. The topological polar surface area (TPSA) is 36.7 Å². The molecular weight excluding hydrogens is 155 g/mol. The van der Waals surface area contributed by atoms with Crippen LogP contribution in [0.2, 0.25) is 0 Å². The van der Waals surface area contributed by atoms with E-state index < -0.39 is 5.95 Å². The molecule has 0 aliphatic heterocycles. The van der Waals surface area contributed by atoms with Gasteiger partial charge in [0.15, 0.2) is 0 Å². The van der Waals surface area contributed by atoms with Crippen LogP contribution in [0.5, 0.6) is 0 Å². The first-order valence-corrected chi connectivity index (χ1v) is 3.43. The zero-order chi connectivity index (χ0) is 8.97. The Morgan fingerprint density at radius 3 is 3.08 bits per heavy atom. The number of nitrogens with zero attached hydrogens (tertiary/aromatic N) is 2. The maximum absolute atomic E-state index is 12.8. The highest BCUT2D eigenvalue weighted by atomic mass is 19.1. The lowest BCUT2D eigenvalue weighted by atomic mass is 10.1. The molecule has 12 heavy (non-hydrogen) atoms. The van der Waals surface area contributed by atoms with E-state index in [0.29, 0.717) is 11.1 Å². The third kappa shape index (κ3) is 1.67. The average Bonchev–Trinajstić information content (AvgIpc) is 2.08. The molecule has 0 amide bonds. The smallest absolute Gasteiger partial charge is 0.216 e. The quantitative estimate of drug-likeness (QED) is 0.468. The number of rotatable bonds is 1. The van der Waals surface area contributed by atoms with Gasteiger partial charge in [-0.15, -0.1) is 0 Å². The minimum atomic E-state index is -0.491. The summed E-state index contributed by atoms with van der Waals surface area (Å²) in [5.74, 6) is -0.491. The number of pyridine rings is 1. The Balaban J connectivity index is 3.10. The molecule has 0 aromatic carbocycles. The zero-order valence-corrected chi connectivity index (χ0v) is 6.58. The predicted molar refractivity (Wildman–Crippen MR) is 43.6 cm³/mol. The fourth-order valence-electron chi connectivity index (χ4n) is 0.832. The van der Waals surface area contributed by atoms with Crippen LogP contribution in [0.1, 0.15) is 11.1 Å². The molecule has 1 aromatic heterocycles. The number of allylic oxidation sites excluding steroid dienone is 1. The Bertz CT molecular complexity index is 350. The van der Waals surface area contributed by atoms with Gasteiger partial charge in [0.25, 0.3) is 0 Å². The maximum atomic E-state index is 12.8. The Hall–Kier alpha value is -1.69. The van der Waals surface area contributed by atoms with E-state index in [1.54, 1.807) is 19.1 Å². The summed E-state index contributed by atoms with van der Waals surface area (Å²) in [5.41, 5.74) is 1.15. The second-order valence-corrected chi connectivity index (χ2v) is 2.28. The second-order valence-electron chi connectivity index (χ2n) is 2.28. The van der Waals surface area contributed by atoms with Crippen LogP contribution in [0.4, 0.5) is 4.39 Å². The van der Waals surface area contributed by atoms with Crippen molar-refractivity contribution in [2.45, 2.75) is 6.92 Å². The fourth-order valence-corrected chi connectivity index (χ4v) is 0.832. The van der Waals surface area contributed by atoms with Crippen LogP contribution in [0, 0.1) is 24.2 Å². The van der Waals surface area contributed by atoms with Gasteiger partial charge in [0.1, 0.15) is 0 Å². The van der Waals surface area contributed by atoms with Gasteiger partial charge in [-0.1, -0.05) is 0 Å². The van der Waals surface area contributed by atoms with E-state index in [1.165, 1.54) is 12.3 Å². The van der Waals surface area contributed by atoms with Crippen molar-refractivity contribution >= 4 is 6.08 Å². The van der Waals surface area contributed by atoms with Gasteiger partial charge < -0.3 is 0 Å². The van der Waals surface area contributed by atoms with Gasteiger partial charge in [-0.05, 0) is 24.6 Å². The predicted octanol–water partition coefficient (Wildman–Crippen LogP) is 2.07. The Labute approximate surface area is 70.0 Å².